The molecule has 0 bridgehead atoms. The van der Waals surface area contributed by atoms with Crippen molar-refractivity contribution in [2.24, 2.45) is 5.73 Å². The number of nitrogens with one attached hydrogen (secondary N) is 2. The fourth-order valence-electron chi connectivity index (χ4n) is 3.49. The van der Waals surface area contributed by atoms with E-state index in [1.54, 1.807) is 20.3 Å². The van der Waals surface area contributed by atoms with Gasteiger partial charge in [0.05, 0.1) is 19.9 Å². The summed E-state index contributed by atoms with van der Waals surface area (Å²) in [4.78, 5) is 16.6. The first-order chi connectivity index (χ1) is 12.9. The van der Waals surface area contributed by atoms with E-state index in [0.717, 1.165) is 24.9 Å². The molecule has 0 spiro atoms. The van der Waals surface area contributed by atoms with Crippen LogP contribution >= 0.6 is 12.2 Å². The lowest BCUT2D eigenvalue weighted by atomic mass is 10.1. The van der Waals surface area contributed by atoms with Crippen LogP contribution in [0.25, 0.3) is 11.3 Å². The second-order valence-electron chi connectivity index (χ2n) is 6.38. The van der Waals surface area contributed by atoms with Crippen molar-refractivity contribution in [2.75, 3.05) is 20.8 Å². The van der Waals surface area contributed by atoms with Gasteiger partial charge in [0.2, 0.25) is 0 Å². The van der Waals surface area contributed by atoms with Crippen LogP contribution in [0, 0.1) is 10.2 Å². The average molecular weight is 389 g/mol. The molecule has 1 aromatic carbocycles. The Morgan fingerprint density at radius 3 is 2.81 bits per heavy atom. The van der Waals surface area contributed by atoms with Gasteiger partial charge in [0.15, 0.2) is 10.7 Å². The summed E-state index contributed by atoms with van der Waals surface area (Å²) in [7, 11) is 3.15. The summed E-state index contributed by atoms with van der Waals surface area (Å²) in [6.07, 6.45) is 1.86. The summed E-state index contributed by atoms with van der Waals surface area (Å²) in [6.45, 7) is 1.26. The van der Waals surface area contributed by atoms with Gasteiger partial charge in [0, 0.05) is 36.8 Å². The Kier molecular flexibility index (Phi) is 5.50. The molecule has 27 heavy (non-hydrogen) atoms. The fourth-order valence-corrected chi connectivity index (χ4v) is 3.76. The molecule has 0 aliphatic carbocycles. The highest BCUT2D eigenvalue weighted by Gasteiger charge is 2.27. The van der Waals surface area contributed by atoms with Crippen LogP contribution in [0.5, 0.6) is 11.5 Å². The predicted molar refractivity (Wildman–Crippen MR) is 106 cm³/mol. The van der Waals surface area contributed by atoms with Gasteiger partial charge in [0.1, 0.15) is 11.5 Å². The standard InChI is InChI=1S/C18H23N5O3S/c1-25-12-5-6-13(15(8-12)26-2)14-9-16(24)21-18(27)23(14)10-11-4-3-7-22(11)17(19)20/h5-6,8-9,11H,3-4,7,10H2,1-2H3,(H3,19,20)(H,21,24,27). The highest BCUT2D eigenvalue weighted by molar-refractivity contribution is 7.71. The molecule has 1 atom stereocenters. The van der Waals surface area contributed by atoms with Gasteiger partial charge in [-0.3, -0.25) is 15.2 Å². The molecule has 1 saturated heterocycles. The number of rotatable bonds is 5. The van der Waals surface area contributed by atoms with Crippen LogP contribution in [0.15, 0.2) is 29.1 Å². The Bertz CT molecular complexity index is 968. The van der Waals surface area contributed by atoms with Gasteiger partial charge in [-0.15, -0.1) is 0 Å². The van der Waals surface area contributed by atoms with Crippen LogP contribution in [-0.2, 0) is 6.54 Å². The van der Waals surface area contributed by atoms with Crippen LogP contribution in [0.4, 0.5) is 0 Å². The van der Waals surface area contributed by atoms with Gasteiger partial charge in [-0.05, 0) is 37.2 Å². The number of aromatic nitrogens is 2. The lowest BCUT2D eigenvalue weighted by Crippen LogP contribution is -2.42. The molecule has 1 aliphatic heterocycles. The molecule has 8 nitrogen and oxygen atoms in total. The van der Waals surface area contributed by atoms with Crippen LogP contribution in [0.3, 0.4) is 0 Å². The predicted octanol–water partition coefficient (Wildman–Crippen LogP) is 1.95. The molecule has 1 fully saturated rings. The Morgan fingerprint density at radius 1 is 1.37 bits per heavy atom. The number of H-pyrrole nitrogens is 1. The van der Waals surface area contributed by atoms with Crippen molar-refractivity contribution in [3.8, 4) is 22.8 Å². The maximum Gasteiger partial charge on any atom is 0.252 e. The lowest BCUT2D eigenvalue weighted by molar-refractivity contribution is 0.341. The van der Waals surface area contributed by atoms with Crippen LogP contribution in [0.2, 0.25) is 0 Å². The average Bonchev–Trinajstić information content (AvgIpc) is 3.11. The number of likely N-dealkylation sites (tertiary alicyclic amines) is 1. The van der Waals surface area contributed by atoms with Gasteiger partial charge >= 0.3 is 0 Å². The molecule has 2 heterocycles. The summed E-state index contributed by atoms with van der Waals surface area (Å²) in [6, 6.07) is 6.97. The Hall–Kier alpha value is -2.81. The number of nitrogens with zero attached hydrogens (tertiary/aromatic N) is 2. The quantitative estimate of drug-likeness (QED) is 0.410. The molecule has 0 amide bonds. The SMILES string of the molecule is COc1ccc(-c2cc(=O)[nH]c(=S)n2CC2CCCN2C(=N)N)c(OC)c1. The highest BCUT2D eigenvalue weighted by atomic mass is 32.1. The number of aromatic amines is 1. The zero-order valence-corrected chi connectivity index (χ0v) is 16.1. The number of hydrogen-bond donors (Lipinski definition) is 3. The molecule has 1 aliphatic rings. The van der Waals surface area contributed by atoms with Crippen LogP contribution < -0.4 is 20.8 Å². The highest BCUT2D eigenvalue weighted by Crippen LogP contribution is 2.33. The second kappa shape index (κ2) is 7.83. The molecule has 0 saturated carbocycles. The largest absolute Gasteiger partial charge is 0.497 e. The molecular formula is C18H23N5O3S. The second-order valence-corrected chi connectivity index (χ2v) is 6.76. The third kappa shape index (κ3) is 3.82. The summed E-state index contributed by atoms with van der Waals surface area (Å²) >= 11 is 5.43. The smallest absolute Gasteiger partial charge is 0.252 e. The van der Waals surface area contributed by atoms with E-state index in [1.165, 1.54) is 6.07 Å². The molecule has 1 unspecified atom stereocenters. The maximum atomic E-state index is 12.1. The van der Waals surface area contributed by atoms with E-state index in [2.05, 4.69) is 4.98 Å². The molecule has 9 heteroatoms. The molecular weight excluding hydrogens is 366 g/mol. The summed E-state index contributed by atoms with van der Waals surface area (Å²) in [5.41, 5.74) is 6.82. The molecule has 4 N–H and O–H groups in total. The van der Waals surface area contributed by atoms with Crippen LogP contribution in [0.1, 0.15) is 12.8 Å². The molecule has 1 aromatic heterocycles. The van der Waals surface area contributed by atoms with Crippen molar-refractivity contribution >= 4 is 18.2 Å². The van der Waals surface area contributed by atoms with Crippen molar-refractivity contribution in [1.29, 1.82) is 5.41 Å². The normalized spacial score (nSPS) is 16.4. The van der Waals surface area contributed by atoms with Crippen molar-refractivity contribution in [2.45, 2.75) is 25.4 Å². The van der Waals surface area contributed by atoms with Gasteiger partial charge < -0.3 is 24.7 Å². The zero-order chi connectivity index (χ0) is 19.6. The monoisotopic (exact) mass is 389 g/mol. The van der Waals surface area contributed by atoms with Gasteiger partial charge in [-0.2, -0.15) is 0 Å². The first kappa shape index (κ1) is 19.0. The van der Waals surface area contributed by atoms with E-state index >= 15 is 0 Å². The minimum atomic E-state index is -0.279. The molecule has 3 rings (SSSR count). The van der Waals surface area contributed by atoms with E-state index in [9.17, 15) is 4.79 Å². The maximum absolute atomic E-state index is 12.1. The van der Waals surface area contributed by atoms with Gasteiger partial charge in [0.25, 0.3) is 5.56 Å². The first-order valence-electron chi connectivity index (χ1n) is 8.62. The fraction of sp³-hybridized carbons (Fsp3) is 0.389. The molecule has 0 radical (unpaired) electrons. The zero-order valence-electron chi connectivity index (χ0n) is 15.3. The summed E-state index contributed by atoms with van der Waals surface area (Å²) in [5, 5.41) is 7.78. The van der Waals surface area contributed by atoms with E-state index in [-0.39, 0.29) is 17.6 Å². The Balaban J connectivity index is 2.10. The number of ether oxygens (including phenoxy) is 2. The number of nitrogens with two attached hydrogens (primary N) is 1. The minimum Gasteiger partial charge on any atom is -0.497 e. The number of methoxy groups -OCH3 is 2. The third-order valence-corrected chi connectivity index (χ3v) is 5.12. The van der Waals surface area contributed by atoms with E-state index in [0.29, 0.717) is 28.5 Å². The summed E-state index contributed by atoms with van der Waals surface area (Å²) in [5.74, 6) is 1.29. The number of hydrogen-bond acceptors (Lipinski definition) is 5. The first-order valence-corrected chi connectivity index (χ1v) is 9.02. The van der Waals surface area contributed by atoms with Gasteiger partial charge in [-0.1, -0.05) is 0 Å². The van der Waals surface area contributed by atoms with Crippen LogP contribution in [-0.4, -0.2) is 47.2 Å². The van der Waals surface area contributed by atoms with E-state index < -0.39 is 0 Å². The van der Waals surface area contributed by atoms with Crippen molar-refractivity contribution in [3.63, 3.8) is 0 Å². The minimum absolute atomic E-state index is 0.0445. The lowest BCUT2D eigenvalue weighted by Gasteiger charge is -2.27. The van der Waals surface area contributed by atoms with Gasteiger partial charge in [-0.25, -0.2) is 0 Å². The third-order valence-electron chi connectivity index (χ3n) is 4.80. The molecule has 2 aromatic rings. The number of benzene rings is 1. The van der Waals surface area contributed by atoms with Crippen molar-refractivity contribution in [1.82, 2.24) is 14.5 Å². The number of guanidine groups is 1. The topological polar surface area (TPSA) is 109 Å². The van der Waals surface area contributed by atoms with E-state index in [1.807, 2.05) is 21.6 Å². The summed E-state index contributed by atoms with van der Waals surface area (Å²) < 4.78 is 12.9. The van der Waals surface area contributed by atoms with Crippen molar-refractivity contribution in [3.05, 3.63) is 39.4 Å². The van der Waals surface area contributed by atoms with E-state index in [4.69, 9.17) is 32.8 Å². The molecule has 144 valence electrons. The van der Waals surface area contributed by atoms with Crippen molar-refractivity contribution < 1.29 is 9.47 Å². The Morgan fingerprint density at radius 2 is 2.15 bits per heavy atom. The Labute approximate surface area is 162 Å².